The van der Waals surface area contributed by atoms with Gasteiger partial charge in [0.05, 0.1) is 6.61 Å². The SMILES string of the molecule is Cc1cc(CNC(=O)CCCOc2ccccc2)c(C)n1C1CC1. The van der Waals surface area contributed by atoms with Crippen LogP contribution < -0.4 is 10.1 Å². The van der Waals surface area contributed by atoms with Crippen molar-refractivity contribution >= 4 is 5.91 Å². The molecule has 0 atom stereocenters. The minimum atomic E-state index is 0.0860. The van der Waals surface area contributed by atoms with Crippen molar-refractivity contribution in [3.63, 3.8) is 0 Å². The van der Waals surface area contributed by atoms with Gasteiger partial charge in [0, 0.05) is 30.4 Å². The summed E-state index contributed by atoms with van der Waals surface area (Å²) in [6.07, 6.45) is 3.78. The number of amides is 1. The van der Waals surface area contributed by atoms with E-state index in [1.54, 1.807) is 0 Å². The summed E-state index contributed by atoms with van der Waals surface area (Å²) in [7, 11) is 0. The topological polar surface area (TPSA) is 43.3 Å². The van der Waals surface area contributed by atoms with E-state index in [1.165, 1.54) is 29.8 Å². The van der Waals surface area contributed by atoms with Gasteiger partial charge in [-0.15, -0.1) is 0 Å². The number of ether oxygens (including phenoxy) is 1. The molecule has 0 bridgehead atoms. The highest BCUT2D eigenvalue weighted by Gasteiger charge is 2.26. The Morgan fingerprint density at radius 2 is 2.00 bits per heavy atom. The van der Waals surface area contributed by atoms with Crippen LogP contribution in [0, 0.1) is 13.8 Å². The number of hydrogen-bond donors (Lipinski definition) is 1. The highest BCUT2D eigenvalue weighted by atomic mass is 16.5. The zero-order valence-electron chi connectivity index (χ0n) is 14.5. The van der Waals surface area contributed by atoms with E-state index in [-0.39, 0.29) is 5.91 Å². The second-order valence-corrected chi connectivity index (χ2v) is 6.54. The normalized spacial score (nSPS) is 13.8. The van der Waals surface area contributed by atoms with Gasteiger partial charge in [0.25, 0.3) is 0 Å². The van der Waals surface area contributed by atoms with Crippen molar-refractivity contribution in [2.75, 3.05) is 6.61 Å². The Hall–Kier alpha value is -2.23. The molecule has 4 nitrogen and oxygen atoms in total. The van der Waals surface area contributed by atoms with Crippen molar-refractivity contribution in [3.05, 3.63) is 53.3 Å². The van der Waals surface area contributed by atoms with Crippen LogP contribution in [0.3, 0.4) is 0 Å². The van der Waals surface area contributed by atoms with Gasteiger partial charge < -0.3 is 14.6 Å². The van der Waals surface area contributed by atoms with Gasteiger partial charge in [0.2, 0.25) is 5.91 Å². The monoisotopic (exact) mass is 326 g/mol. The molecular weight excluding hydrogens is 300 g/mol. The van der Waals surface area contributed by atoms with Crippen LogP contribution in [0.15, 0.2) is 36.4 Å². The lowest BCUT2D eigenvalue weighted by atomic mass is 10.2. The Morgan fingerprint density at radius 1 is 1.25 bits per heavy atom. The summed E-state index contributed by atoms with van der Waals surface area (Å²) in [5, 5.41) is 3.03. The Labute approximate surface area is 143 Å². The van der Waals surface area contributed by atoms with E-state index < -0.39 is 0 Å². The minimum Gasteiger partial charge on any atom is -0.494 e. The number of aromatic nitrogens is 1. The second-order valence-electron chi connectivity index (χ2n) is 6.54. The fourth-order valence-corrected chi connectivity index (χ4v) is 3.14. The minimum absolute atomic E-state index is 0.0860. The van der Waals surface area contributed by atoms with Gasteiger partial charge >= 0.3 is 0 Å². The first-order chi connectivity index (χ1) is 11.6. The van der Waals surface area contributed by atoms with Crippen molar-refractivity contribution < 1.29 is 9.53 Å². The first-order valence-corrected chi connectivity index (χ1v) is 8.77. The molecule has 0 unspecified atom stereocenters. The Kier molecular flexibility index (Phi) is 5.24. The predicted molar refractivity (Wildman–Crippen MR) is 95.2 cm³/mol. The van der Waals surface area contributed by atoms with Crippen LogP contribution in [0.4, 0.5) is 0 Å². The average molecular weight is 326 g/mol. The summed E-state index contributed by atoms with van der Waals surface area (Å²) in [6.45, 7) is 5.48. The Bertz CT molecular complexity index is 687. The number of hydrogen-bond acceptors (Lipinski definition) is 2. The van der Waals surface area contributed by atoms with E-state index in [1.807, 2.05) is 30.3 Å². The van der Waals surface area contributed by atoms with Crippen LogP contribution in [0.1, 0.15) is 48.7 Å². The fraction of sp³-hybridized carbons (Fsp3) is 0.450. The van der Waals surface area contributed by atoms with Crippen LogP contribution >= 0.6 is 0 Å². The van der Waals surface area contributed by atoms with Gasteiger partial charge in [0.1, 0.15) is 5.75 Å². The maximum absolute atomic E-state index is 12.0. The number of benzene rings is 1. The molecule has 1 N–H and O–H groups in total. The number of rotatable bonds is 8. The van der Waals surface area contributed by atoms with Crippen molar-refractivity contribution in [1.82, 2.24) is 9.88 Å². The molecule has 0 spiro atoms. The predicted octanol–water partition coefficient (Wildman–Crippen LogP) is 3.92. The third-order valence-electron chi connectivity index (χ3n) is 4.54. The highest BCUT2D eigenvalue weighted by Crippen LogP contribution is 2.38. The van der Waals surface area contributed by atoms with Crippen LogP contribution in [0.2, 0.25) is 0 Å². The van der Waals surface area contributed by atoms with E-state index in [4.69, 9.17) is 4.74 Å². The standard InChI is InChI=1S/C20H26N2O2/c1-15-13-17(16(2)22(15)18-10-11-18)14-21-20(23)9-6-12-24-19-7-4-3-5-8-19/h3-5,7-8,13,18H,6,9-12,14H2,1-2H3,(H,21,23). The third kappa shape index (κ3) is 4.19. The van der Waals surface area contributed by atoms with Crippen molar-refractivity contribution in [3.8, 4) is 5.75 Å². The number of carbonyl (C=O) groups excluding carboxylic acids is 1. The van der Waals surface area contributed by atoms with Gasteiger partial charge in [-0.1, -0.05) is 18.2 Å². The van der Waals surface area contributed by atoms with E-state index in [9.17, 15) is 4.79 Å². The van der Waals surface area contributed by atoms with E-state index >= 15 is 0 Å². The van der Waals surface area contributed by atoms with Crippen LogP contribution in [-0.2, 0) is 11.3 Å². The van der Waals surface area contributed by atoms with Crippen LogP contribution in [0.5, 0.6) is 5.75 Å². The quantitative estimate of drug-likeness (QED) is 0.747. The van der Waals surface area contributed by atoms with E-state index in [0.717, 1.165) is 12.2 Å². The Morgan fingerprint density at radius 3 is 2.71 bits per heavy atom. The lowest BCUT2D eigenvalue weighted by Gasteiger charge is -2.09. The molecule has 0 radical (unpaired) electrons. The number of nitrogens with one attached hydrogen (secondary N) is 1. The molecule has 1 amide bonds. The molecule has 1 aliphatic rings. The molecule has 0 aliphatic heterocycles. The fourth-order valence-electron chi connectivity index (χ4n) is 3.14. The zero-order chi connectivity index (χ0) is 16.9. The lowest BCUT2D eigenvalue weighted by Crippen LogP contribution is -2.23. The van der Waals surface area contributed by atoms with Gasteiger partial charge in [-0.2, -0.15) is 0 Å². The van der Waals surface area contributed by atoms with Gasteiger partial charge in [0.15, 0.2) is 0 Å². The van der Waals surface area contributed by atoms with Crippen LogP contribution in [-0.4, -0.2) is 17.1 Å². The maximum atomic E-state index is 12.0. The molecule has 1 aliphatic carbocycles. The molecule has 1 fully saturated rings. The van der Waals surface area contributed by atoms with Gasteiger partial charge in [-0.25, -0.2) is 0 Å². The molecule has 2 aromatic rings. The molecule has 1 aromatic heterocycles. The smallest absolute Gasteiger partial charge is 0.220 e. The molecule has 4 heteroatoms. The summed E-state index contributed by atoms with van der Waals surface area (Å²) in [5.74, 6) is 0.938. The van der Waals surface area contributed by atoms with Gasteiger partial charge in [-0.3, -0.25) is 4.79 Å². The molecular formula is C20H26N2O2. The molecule has 128 valence electrons. The lowest BCUT2D eigenvalue weighted by molar-refractivity contribution is -0.121. The van der Waals surface area contributed by atoms with E-state index in [0.29, 0.717) is 25.6 Å². The van der Waals surface area contributed by atoms with Crippen molar-refractivity contribution in [2.24, 2.45) is 0 Å². The number of carbonyl (C=O) groups is 1. The van der Waals surface area contributed by atoms with Gasteiger partial charge in [-0.05, 0) is 56.9 Å². The summed E-state index contributed by atoms with van der Waals surface area (Å²) < 4.78 is 8.02. The summed E-state index contributed by atoms with van der Waals surface area (Å²) in [6, 6.07) is 12.6. The summed E-state index contributed by atoms with van der Waals surface area (Å²) in [4.78, 5) is 12.0. The molecule has 0 saturated heterocycles. The molecule has 24 heavy (non-hydrogen) atoms. The maximum Gasteiger partial charge on any atom is 0.220 e. The van der Waals surface area contributed by atoms with Crippen molar-refractivity contribution in [1.29, 1.82) is 0 Å². The largest absolute Gasteiger partial charge is 0.494 e. The highest BCUT2D eigenvalue weighted by molar-refractivity contribution is 5.75. The number of aryl methyl sites for hydroxylation is 1. The summed E-state index contributed by atoms with van der Waals surface area (Å²) >= 11 is 0. The first-order valence-electron chi connectivity index (χ1n) is 8.77. The third-order valence-corrected chi connectivity index (χ3v) is 4.54. The van der Waals surface area contributed by atoms with Crippen molar-refractivity contribution in [2.45, 2.75) is 52.1 Å². The number of nitrogens with zero attached hydrogens (tertiary/aromatic N) is 1. The molecule has 3 rings (SSSR count). The van der Waals surface area contributed by atoms with E-state index in [2.05, 4.69) is 29.8 Å². The summed E-state index contributed by atoms with van der Waals surface area (Å²) in [5.41, 5.74) is 3.83. The average Bonchev–Trinajstić information content (AvgIpc) is 3.37. The van der Waals surface area contributed by atoms with Crippen LogP contribution in [0.25, 0.3) is 0 Å². The Balaban J connectivity index is 1.39. The second kappa shape index (κ2) is 7.56. The molecule has 1 aromatic carbocycles. The number of para-hydroxylation sites is 1. The first kappa shape index (κ1) is 16.6. The zero-order valence-corrected chi connectivity index (χ0v) is 14.5. The molecule has 1 saturated carbocycles. The molecule has 1 heterocycles.